The van der Waals surface area contributed by atoms with E-state index in [0.29, 0.717) is 31.8 Å². The summed E-state index contributed by atoms with van der Waals surface area (Å²) in [5, 5.41) is 1.73. The van der Waals surface area contributed by atoms with Crippen molar-refractivity contribution in [1.29, 1.82) is 0 Å². The SMILES string of the molecule is O=C(CCn1ccc2c(Cl)cccc21)N1CCN(C2CCS(=O)(=O)C2)CC1. The van der Waals surface area contributed by atoms with Crippen molar-refractivity contribution < 1.29 is 13.2 Å². The van der Waals surface area contributed by atoms with Gasteiger partial charge in [0, 0.05) is 67.3 Å². The van der Waals surface area contributed by atoms with E-state index in [1.54, 1.807) is 0 Å². The lowest BCUT2D eigenvalue weighted by Gasteiger charge is -2.37. The van der Waals surface area contributed by atoms with Crippen LogP contribution in [0.5, 0.6) is 0 Å². The summed E-state index contributed by atoms with van der Waals surface area (Å²) in [6.45, 7) is 3.49. The Labute approximate surface area is 164 Å². The van der Waals surface area contributed by atoms with E-state index in [2.05, 4.69) is 9.47 Å². The molecule has 1 unspecified atom stereocenters. The number of piperazine rings is 1. The summed E-state index contributed by atoms with van der Waals surface area (Å²) in [5.74, 6) is 0.716. The lowest BCUT2D eigenvalue weighted by molar-refractivity contribution is -0.133. The second-order valence-corrected chi connectivity index (χ2v) is 10.0. The summed E-state index contributed by atoms with van der Waals surface area (Å²) >= 11 is 6.21. The Morgan fingerprint density at radius 1 is 1.15 bits per heavy atom. The van der Waals surface area contributed by atoms with Crippen molar-refractivity contribution in [3.8, 4) is 0 Å². The van der Waals surface area contributed by atoms with E-state index < -0.39 is 9.84 Å². The predicted octanol–water partition coefficient (Wildman–Crippen LogP) is 2.02. The number of fused-ring (bicyclic) bond motifs is 1. The van der Waals surface area contributed by atoms with E-state index in [9.17, 15) is 13.2 Å². The van der Waals surface area contributed by atoms with Crippen LogP contribution in [0.3, 0.4) is 0 Å². The lowest BCUT2D eigenvalue weighted by Crippen LogP contribution is -2.52. The minimum absolute atomic E-state index is 0.128. The van der Waals surface area contributed by atoms with Gasteiger partial charge in [0.2, 0.25) is 5.91 Å². The van der Waals surface area contributed by atoms with Crippen molar-refractivity contribution in [3.63, 3.8) is 0 Å². The summed E-state index contributed by atoms with van der Waals surface area (Å²) in [6.07, 6.45) is 3.15. The van der Waals surface area contributed by atoms with Crippen LogP contribution < -0.4 is 0 Å². The average Bonchev–Trinajstić information content (AvgIpc) is 3.24. The van der Waals surface area contributed by atoms with Gasteiger partial charge in [0.25, 0.3) is 0 Å². The number of sulfone groups is 1. The molecule has 3 heterocycles. The Morgan fingerprint density at radius 3 is 2.63 bits per heavy atom. The number of benzene rings is 1. The Kier molecular flexibility index (Phi) is 5.18. The molecule has 2 saturated heterocycles. The molecule has 1 aromatic carbocycles. The number of hydrogen-bond donors (Lipinski definition) is 0. The summed E-state index contributed by atoms with van der Waals surface area (Å²) in [7, 11) is -2.86. The van der Waals surface area contributed by atoms with E-state index in [4.69, 9.17) is 11.6 Å². The van der Waals surface area contributed by atoms with Crippen LogP contribution in [0.15, 0.2) is 30.5 Å². The van der Waals surface area contributed by atoms with Crippen molar-refractivity contribution in [2.45, 2.75) is 25.4 Å². The number of halogens is 1. The van der Waals surface area contributed by atoms with Gasteiger partial charge in [-0.1, -0.05) is 17.7 Å². The zero-order chi connectivity index (χ0) is 19.0. The zero-order valence-corrected chi connectivity index (χ0v) is 16.8. The van der Waals surface area contributed by atoms with Crippen LogP contribution in [-0.2, 0) is 21.2 Å². The molecule has 0 saturated carbocycles. The molecule has 2 fully saturated rings. The molecule has 1 atom stereocenters. The molecule has 2 aliphatic rings. The first-order valence-corrected chi connectivity index (χ1v) is 11.6. The highest BCUT2D eigenvalue weighted by molar-refractivity contribution is 7.91. The summed E-state index contributed by atoms with van der Waals surface area (Å²) in [5.41, 5.74) is 1.04. The molecule has 0 radical (unpaired) electrons. The zero-order valence-electron chi connectivity index (χ0n) is 15.2. The van der Waals surface area contributed by atoms with E-state index in [-0.39, 0.29) is 17.7 Å². The number of hydrogen-bond acceptors (Lipinski definition) is 4. The van der Waals surface area contributed by atoms with Gasteiger partial charge in [-0.2, -0.15) is 0 Å². The first-order chi connectivity index (χ1) is 12.9. The van der Waals surface area contributed by atoms with Crippen LogP contribution in [0.2, 0.25) is 5.02 Å². The van der Waals surface area contributed by atoms with E-state index >= 15 is 0 Å². The number of rotatable bonds is 4. The highest BCUT2D eigenvalue weighted by Gasteiger charge is 2.34. The van der Waals surface area contributed by atoms with Gasteiger partial charge < -0.3 is 9.47 Å². The molecule has 0 bridgehead atoms. The Morgan fingerprint density at radius 2 is 1.93 bits per heavy atom. The molecule has 2 aliphatic heterocycles. The number of carbonyl (C=O) groups excluding carboxylic acids is 1. The van der Waals surface area contributed by atoms with Crippen molar-refractivity contribution in [2.24, 2.45) is 0 Å². The Hall–Kier alpha value is -1.57. The molecule has 4 rings (SSSR count). The molecule has 0 spiro atoms. The van der Waals surface area contributed by atoms with E-state index in [0.717, 1.165) is 35.4 Å². The van der Waals surface area contributed by atoms with Gasteiger partial charge in [0.1, 0.15) is 0 Å². The van der Waals surface area contributed by atoms with Gasteiger partial charge >= 0.3 is 0 Å². The van der Waals surface area contributed by atoms with Crippen LogP contribution >= 0.6 is 11.6 Å². The molecule has 0 N–H and O–H groups in total. The molecule has 6 nitrogen and oxygen atoms in total. The van der Waals surface area contributed by atoms with Crippen molar-refractivity contribution in [1.82, 2.24) is 14.4 Å². The van der Waals surface area contributed by atoms with Gasteiger partial charge in [0.05, 0.1) is 11.5 Å². The maximum atomic E-state index is 12.6. The van der Waals surface area contributed by atoms with Crippen LogP contribution in [0.25, 0.3) is 10.9 Å². The van der Waals surface area contributed by atoms with Crippen LogP contribution in [0, 0.1) is 0 Å². The first kappa shape index (κ1) is 18.8. The van der Waals surface area contributed by atoms with Gasteiger partial charge in [-0.25, -0.2) is 8.42 Å². The number of carbonyl (C=O) groups is 1. The smallest absolute Gasteiger partial charge is 0.224 e. The third kappa shape index (κ3) is 4.00. The van der Waals surface area contributed by atoms with Gasteiger partial charge in [-0.15, -0.1) is 0 Å². The molecule has 8 heteroatoms. The Bertz CT molecular complexity index is 948. The van der Waals surface area contributed by atoms with Gasteiger partial charge in [-0.05, 0) is 24.6 Å². The molecule has 146 valence electrons. The molecule has 27 heavy (non-hydrogen) atoms. The largest absolute Gasteiger partial charge is 0.347 e. The fourth-order valence-electron chi connectivity index (χ4n) is 4.15. The van der Waals surface area contributed by atoms with Gasteiger partial charge in [0.15, 0.2) is 9.84 Å². The summed E-state index contributed by atoms with van der Waals surface area (Å²) in [6, 6.07) is 7.92. The molecular formula is C19H24ClN3O3S. The number of nitrogens with zero attached hydrogens (tertiary/aromatic N) is 3. The molecule has 1 aromatic heterocycles. The number of aromatic nitrogens is 1. The summed E-state index contributed by atoms with van der Waals surface area (Å²) in [4.78, 5) is 16.7. The van der Waals surface area contributed by atoms with Crippen molar-refractivity contribution >= 4 is 38.2 Å². The van der Waals surface area contributed by atoms with Gasteiger partial charge in [-0.3, -0.25) is 9.69 Å². The van der Waals surface area contributed by atoms with Crippen molar-refractivity contribution in [2.75, 3.05) is 37.7 Å². The summed E-state index contributed by atoms with van der Waals surface area (Å²) < 4.78 is 25.4. The molecule has 2 aromatic rings. The molecule has 1 amide bonds. The number of aryl methyl sites for hydroxylation is 1. The molecule has 0 aliphatic carbocycles. The quantitative estimate of drug-likeness (QED) is 0.775. The third-order valence-corrected chi connectivity index (χ3v) is 7.80. The van der Waals surface area contributed by atoms with Crippen LogP contribution in [0.4, 0.5) is 0 Å². The monoisotopic (exact) mass is 409 g/mol. The maximum Gasteiger partial charge on any atom is 0.224 e. The normalized spacial score (nSPS) is 23.1. The third-order valence-electron chi connectivity index (χ3n) is 5.72. The highest BCUT2D eigenvalue weighted by Crippen LogP contribution is 2.24. The second kappa shape index (κ2) is 7.45. The first-order valence-electron chi connectivity index (χ1n) is 9.38. The average molecular weight is 410 g/mol. The minimum Gasteiger partial charge on any atom is -0.347 e. The van der Waals surface area contributed by atoms with Crippen LogP contribution in [-0.4, -0.2) is 72.4 Å². The van der Waals surface area contributed by atoms with E-state index in [1.807, 2.05) is 35.4 Å². The maximum absolute atomic E-state index is 12.6. The lowest BCUT2D eigenvalue weighted by atomic mass is 10.2. The fourth-order valence-corrected chi connectivity index (χ4v) is 6.15. The minimum atomic E-state index is -2.86. The topological polar surface area (TPSA) is 62.6 Å². The molecular weight excluding hydrogens is 386 g/mol. The predicted molar refractivity (Wildman–Crippen MR) is 107 cm³/mol. The Balaban J connectivity index is 1.30. The van der Waals surface area contributed by atoms with E-state index in [1.165, 1.54) is 0 Å². The second-order valence-electron chi connectivity index (χ2n) is 7.41. The van der Waals surface area contributed by atoms with Crippen molar-refractivity contribution in [3.05, 3.63) is 35.5 Å². The fraction of sp³-hybridized carbons (Fsp3) is 0.526. The van der Waals surface area contributed by atoms with Crippen LogP contribution in [0.1, 0.15) is 12.8 Å². The standard InChI is InChI=1S/C19H24ClN3O3S/c20-17-2-1-3-18-16(17)4-7-22(18)8-5-19(24)23-11-9-21(10-12-23)15-6-13-27(25,26)14-15/h1-4,7,15H,5-6,8-14H2. The highest BCUT2D eigenvalue weighted by atomic mass is 35.5. The number of amides is 1.